The predicted molar refractivity (Wildman–Crippen MR) is 43.3 cm³/mol. The van der Waals surface area contributed by atoms with E-state index in [1.807, 2.05) is 19.2 Å². The van der Waals surface area contributed by atoms with Gasteiger partial charge in [-0.15, -0.1) is 5.10 Å². The minimum Gasteiger partial charge on any atom is -0.276 e. The Hall–Kier alpha value is -1.65. The second-order valence-corrected chi connectivity index (χ2v) is 2.43. The fourth-order valence-electron chi connectivity index (χ4n) is 0.975. The molecule has 0 unspecified atom stereocenters. The number of hydrogen-bond donors (Lipinski definition) is 1. The third-order valence-corrected chi connectivity index (χ3v) is 1.64. The molecule has 1 N–H and O–H groups in total. The van der Waals surface area contributed by atoms with Crippen LogP contribution in [0.5, 0.6) is 0 Å². The average molecular weight is 163 g/mol. The molecule has 0 radical (unpaired) electrons. The predicted octanol–water partition coefficient (Wildman–Crippen LogP) is 0.688. The summed E-state index contributed by atoms with van der Waals surface area (Å²) in [5, 5.41) is 14.5. The molecular weight excluding hydrogens is 154 g/mol. The van der Waals surface area contributed by atoms with Crippen LogP contribution in [0.2, 0.25) is 0 Å². The molecule has 0 saturated carbocycles. The molecule has 0 spiro atoms. The summed E-state index contributed by atoms with van der Waals surface area (Å²) in [6, 6.07) is 1.87. The van der Waals surface area contributed by atoms with E-state index in [4.69, 9.17) is 0 Å². The Kier molecular flexibility index (Phi) is 1.62. The molecule has 0 aromatic carbocycles. The van der Waals surface area contributed by atoms with Crippen molar-refractivity contribution in [3.8, 4) is 11.4 Å². The topological polar surface area (TPSA) is 59.4 Å². The van der Waals surface area contributed by atoms with Crippen LogP contribution in [0.4, 0.5) is 0 Å². The summed E-state index contributed by atoms with van der Waals surface area (Å²) in [5.74, 6) is 0. The lowest BCUT2D eigenvalue weighted by atomic mass is 10.3. The number of aryl methyl sites for hydroxylation is 1. The Labute approximate surface area is 69.4 Å². The highest BCUT2D eigenvalue weighted by atomic mass is 15.4. The maximum Gasteiger partial charge on any atom is 0.130 e. The van der Waals surface area contributed by atoms with Crippen LogP contribution in [-0.4, -0.2) is 25.2 Å². The van der Waals surface area contributed by atoms with Gasteiger partial charge in [-0.1, -0.05) is 5.21 Å². The Morgan fingerprint density at radius 2 is 2.50 bits per heavy atom. The fraction of sp³-hybridized carbons (Fsp3) is 0.286. The highest BCUT2D eigenvalue weighted by molar-refractivity contribution is 5.50. The molecule has 5 heteroatoms. The Morgan fingerprint density at radius 1 is 1.58 bits per heavy atom. The third-order valence-electron chi connectivity index (χ3n) is 1.64. The Morgan fingerprint density at radius 3 is 3.08 bits per heavy atom. The van der Waals surface area contributed by atoms with Crippen LogP contribution in [0.15, 0.2) is 18.5 Å². The summed E-state index contributed by atoms with van der Waals surface area (Å²) in [6.07, 6.45) is 3.58. The number of nitrogens with one attached hydrogen (secondary N) is 1. The van der Waals surface area contributed by atoms with E-state index >= 15 is 0 Å². The minimum absolute atomic E-state index is 0.828. The summed E-state index contributed by atoms with van der Waals surface area (Å²) >= 11 is 0. The van der Waals surface area contributed by atoms with E-state index in [0.29, 0.717) is 0 Å². The molecule has 2 rings (SSSR count). The van der Waals surface area contributed by atoms with Gasteiger partial charge in [0, 0.05) is 12.7 Å². The molecule has 2 heterocycles. The normalized spacial score (nSPS) is 10.4. The molecule has 0 saturated heterocycles. The van der Waals surface area contributed by atoms with Crippen LogP contribution in [0.1, 0.15) is 6.92 Å². The average Bonchev–Trinajstić information content (AvgIpc) is 2.75. The van der Waals surface area contributed by atoms with Crippen LogP contribution in [0.25, 0.3) is 11.4 Å². The minimum atomic E-state index is 0.828. The van der Waals surface area contributed by atoms with Crippen LogP contribution in [-0.2, 0) is 6.54 Å². The number of nitrogens with zero attached hydrogens (tertiary/aromatic N) is 4. The van der Waals surface area contributed by atoms with Gasteiger partial charge >= 0.3 is 0 Å². The van der Waals surface area contributed by atoms with Crippen LogP contribution >= 0.6 is 0 Å². The second-order valence-electron chi connectivity index (χ2n) is 2.43. The summed E-state index contributed by atoms with van der Waals surface area (Å²) < 4.78 is 1.77. The maximum atomic E-state index is 3.97. The van der Waals surface area contributed by atoms with Crippen molar-refractivity contribution in [2.45, 2.75) is 13.5 Å². The van der Waals surface area contributed by atoms with Crippen LogP contribution < -0.4 is 0 Å². The highest BCUT2D eigenvalue weighted by Crippen LogP contribution is 2.10. The van der Waals surface area contributed by atoms with Gasteiger partial charge in [0.15, 0.2) is 0 Å². The fourth-order valence-corrected chi connectivity index (χ4v) is 0.975. The van der Waals surface area contributed by atoms with Gasteiger partial charge in [0.25, 0.3) is 0 Å². The highest BCUT2D eigenvalue weighted by Gasteiger charge is 2.02. The van der Waals surface area contributed by atoms with E-state index in [2.05, 4.69) is 20.5 Å². The van der Waals surface area contributed by atoms with Crippen molar-refractivity contribution in [1.29, 1.82) is 0 Å². The number of aromatic nitrogens is 5. The molecule has 2 aromatic heterocycles. The second kappa shape index (κ2) is 2.77. The molecule has 0 aliphatic carbocycles. The van der Waals surface area contributed by atoms with Crippen molar-refractivity contribution in [3.05, 3.63) is 18.5 Å². The lowest BCUT2D eigenvalue weighted by Crippen LogP contribution is -1.93. The third kappa shape index (κ3) is 1.09. The summed E-state index contributed by atoms with van der Waals surface area (Å²) in [7, 11) is 0. The van der Waals surface area contributed by atoms with E-state index in [1.54, 1.807) is 10.9 Å². The SMILES string of the molecule is CCn1cc(-c2ccn[nH]2)nn1. The van der Waals surface area contributed by atoms with E-state index in [9.17, 15) is 0 Å². The van der Waals surface area contributed by atoms with Crippen LogP contribution in [0.3, 0.4) is 0 Å². The Balaban J connectivity index is 2.35. The summed E-state index contributed by atoms with van der Waals surface area (Å²) in [6.45, 7) is 2.85. The maximum absolute atomic E-state index is 3.97. The first kappa shape index (κ1) is 7.02. The molecule has 12 heavy (non-hydrogen) atoms. The Bertz CT molecular complexity index is 348. The monoisotopic (exact) mass is 163 g/mol. The van der Waals surface area contributed by atoms with Gasteiger partial charge in [0.05, 0.1) is 11.9 Å². The first-order chi connectivity index (χ1) is 5.90. The summed E-state index contributed by atoms with van der Waals surface area (Å²) in [4.78, 5) is 0. The van der Waals surface area contributed by atoms with Gasteiger partial charge in [-0.3, -0.25) is 9.78 Å². The quantitative estimate of drug-likeness (QED) is 0.708. The van der Waals surface area contributed by atoms with Crippen LogP contribution in [0, 0.1) is 0 Å². The van der Waals surface area contributed by atoms with Crippen molar-refractivity contribution in [2.24, 2.45) is 0 Å². The molecule has 0 amide bonds. The van der Waals surface area contributed by atoms with Crippen molar-refractivity contribution < 1.29 is 0 Å². The smallest absolute Gasteiger partial charge is 0.130 e. The van der Waals surface area contributed by atoms with Gasteiger partial charge in [-0.05, 0) is 13.0 Å². The van der Waals surface area contributed by atoms with Gasteiger partial charge in [0.1, 0.15) is 5.69 Å². The zero-order valence-electron chi connectivity index (χ0n) is 6.73. The van der Waals surface area contributed by atoms with E-state index in [0.717, 1.165) is 17.9 Å². The number of rotatable bonds is 2. The van der Waals surface area contributed by atoms with Crippen molar-refractivity contribution >= 4 is 0 Å². The molecule has 0 aliphatic rings. The lowest BCUT2D eigenvalue weighted by molar-refractivity contribution is 0.627. The van der Waals surface area contributed by atoms with Gasteiger partial charge in [0.2, 0.25) is 0 Å². The van der Waals surface area contributed by atoms with E-state index in [-0.39, 0.29) is 0 Å². The van der Waals surface area contributed by atoms with Gasteiger partial charge in [-0.25, -0.2) is 0 Å². The molecular formula is C7H9N5. The molecule has 2 aromatic rings. The standard InChI is InChI=1S/C7H9N5/c1-2-12-5-7(10-11-12)6-3-4-8-9-6/h3-5H,2H2,1H3,(H,8,9). The molecule has 0 aliphatic heterocycles. The van der Waals surface area contributed by atoms with E-state index < -0.39 is 0 Å². The number of aromatic amines is 1. The zero-order chi connectivity index (χ0) is 8.39. The molecule has 5 nitrogen and oxygen atoms in total. The van der Waals surface area contributed by atoms with Gasteiger partial charge in [-0.2, -0.15) is 5.10 Å². The zero-order valence-corrected chi connectivity index (χ0v) is 6.73. The van der Waals surface area contributed by atoms with Crippen molar-refractivity contribution in [1.82, 2.24) is 25.2 Å². The summed E-state index contributed by atoms with van der Waals surface area (Å²) in [5.41, 5.74) is 1.73. The van der Waals surface area contributed by atoms with E-state index in [1.165, 1.54) is 0 Å². The molecule has 0 fully saturated rings. The van der Waals surface area contributed by atoms with Crippen molar-refractivity contribution in [2.75, 3.05) is 0 Å². The lowest BCUT2D eigenvalue weighted by Gasteiger charge is -1.87. The van der Waals surface area contributed by atoms with Gasteiger partial charge < -0.3 is 0 Å². The largest absolute Gasteiger partial charge is 0.276 e. The molecule has 0 atom stereocenters. The molecule has 0 bridgehead atoms. The molecule has 62 valence electrons. The number of hydrogen-bond acceptors (Lipinski definition) is 3. The number of H-pyrrole nitrogens is 1. The first-order valence-corrected chi connectivity index (χ1v) is 3.80. The first-order valence-electron chi connectivity index (χ1n) is 3.80. The van der Waals surface area contributed by atoms with Crippen molar-refractivity contribution in [3.63, 3.8) is 0 Å².